The van der Waals surface area contributed by atoms with Gasteiger partial charge in [-0.15, -0.1) is 0 Å². The minimum atomic E-state index is 1.05. The number of benzene rings is 1. The van der Waals surface area contributed by atoms with Crippen LogP contribution in [0.15, 0.2) is 60.8 Å². The predicted octanol–water partition coefficient (Wildman–Crippen LogP) is 4.78. The van der Waals surface area contributed by atoms with Gasteiger partial charge in [0.25, 0.3) is 0 Å². The van der Waals surface area contributed by atoms with E-state index in [2.05, 4.69) is 59.7 Å². The largest absolute Gasteiger partial charge is 0.369 e. The SMILES string of the molecule is C=C(/C=C\C=C/C)N1CCN(Cc2ccc(C)cc2)CC1.CC. The number of nitrogens with zero attached hydrogens (tertiary/aromatic N) is 2. The third kappa shape index (κ3) is 6.87. The summed E-state index contributed by atoms with van der Waals surface area (Å²) in [4.78, 5) is 4.88. The van der Waals surface area contributed by atoms with Gasteiger partial charge in [-0.2, -0.15) is 0 Å². The molecule has 0 aliphatic carbocycles. The average Bonchev–Trinajstić information content (AvgIpc) is 2.59. The monoisotopic (exact) mass is 312 g/mol. The second-order valence-corrected chi connectivity index (χ2v) is 5.63. The molecule has 0 unspecified atom stereocenters. The Hall–Kier alpha value is -1.80. The number of aryl methyl sites for hydroxylation is 1. The Labute approximate surface area is 142 Å². The third-order valence-electron chi connectivity index (χ3n) is 3.90. The molecule has 0 spiro atoms. The number of rotatable bonds is 5. The molecule has 1 aromatic rings. The van der Waals surface area contributed by atoms with Crippen LogP contribution < -0.4 is 0 Å². The summed E-state index contributed by atoms with van der Waals surface area (Å²) in [6, 6.07) is 8.86. The van der Waals surface area contributed by atoms with Gasteiger partial charge in [0.05, 0.1) is 0 Å². The summed E-state index contributed by atoms with van der Waals surface area (Å²) in [5.41, 5.74) is 3.84. The highest BCUT2D eigenvalue weighted by molar-refractivity contribution is 5.21. The lowest BCUT2D eigenvalue weighted by molar-refractivity contribution is 0.156. The Morgan fingerprint density at radius 2 is 1.65 bits per heavy atom. The molecule has 0 amide bonds. The fourth-order valence-electron chi connectivity index (χ4n) is 2.53. The molecule has 1 saturated heterocycles. The first-order valence-electron chi connectivity index (χ1n) is 8.70. The van der Waals surface area contributed by atoms with Crippen LogP contribution in [0, 0.1) is 6.92 Å². The molecule has 1 aromatic carbocycles. The lowest BCUT2D eigenvalue weighted by atomic mass is 10.1. The zero-order valence-electron chi connectivity index (χ0n) is 15.3. The van der Waals surface area contributed by atoms with Gasteiger partial charge in [0, 0.05) is 38.4 Å². The van der Waals surface area contributed by atoms with Gasteiger partial charge in [-0.1, -0.05) is 68.5 Å². The fourth-order valence-corrected chi connectivity index (χ4v) is 2.53. The second kappa shape index (κ2) is 10.8. The zero-order valence-corrected chi connectivity index (χ0v) is 15.3. The first-order valence-corrected chi connectivity index (χ1v) is 8.70. The summed E-state index contributed by atoms with van der Waals surface area (Å²) in [7, 11) is 0. The molecule has 1 fully saturated rings. The van der Waals surface area contributed by atoms with E-state index in [-0.39, 0.29) is 0 Å². The molecule has 0 bridgehead atoms. The van der Waals surface area contributed by atoms with Gasteiger partial charge < -0.3 is 4.90 Å². The van der Waals surface area contributed by atoms with Crippen molar-refractivity contribution in [1.82, 2.24) is 9.80 Å². The van der Waals surface area contributed by atoms with Gasteiger partial charge in [0.15, 0.2) is 0 Å². The van der Waals surface area contributed by atoms with E-state index in [1.807, 2.05) is 32.9 Å². The molecule has 2 rings (SSSR count). The second-order valence-electron chi connectivity index (χ2n) is 5.63. The summed E-state index contributed by atoms with van der Waals surface area (Å²) < 4.78 is 0. The Kier molecular flexibility index (Phi) is 9.08. The maximum atomic E-state index is 4.16. The van der Waals surface area contributed by atoms with Crippen LogP contribution in [0.4, 0.5) is 0 Å². The lowest BCUT2D eigenvalue weighted by Crippen LogP contribution is -2.44. The number of hydrogen-bond donors (Lipinski definition) is 0. The zero-order chi connectivity index (χ0) is 17.1. The van der Waals surface area contributed by atoms with Crippen LogP contribution in [0.5, 0.6) is 0 Å². The van der Waals surface area contributed by atoms with E-state index in [0.29, 0.717) is 0 Å². The topological polar surface area (TPSA) is 6.48 Å². The van der Waals surface area contributed by atoms with Crippen molar-refractivity contribution in [1.29, 1.82) is 0 Å². The molecule has 0 radical (unpaired) electrons. The highest BCUT2D eigenvalue weighted by Gasteiger charge is 2.16. The molecular formula is C21H32N2. The molecule has 0 aromatic heterocycles. The van der Waals surface area contributed by atoms with Gasteiger partial charge in [-0.3, -0.25) is 4.90 Å². The van der Waals surface area contributed by atoms with Crippen molar-refractivity contribution >= 4 is 0 Å². The van der Waals surface area contributed by atoms with Crippen LogP contribution in [0.1, 0.15) is 31.9 Å². The number of allylic oxidation sites excluding steroid dienone is 4. The minimum Gasteiger partial charge on any atom is -0.369 e. The summed E-state index contributed by atoms with van der Waals surface area (Å²) in [6.45, 7) is 17.7. The first-order chi connectivity index (χ1) is 11.2. The molecular weight excluding hydrogens is 280 g/mol. The lowest BCUT2D eigenvalue weighted by Gasteiger charge is -2.36. The van der Waals surface area contributed by atoms with Crippen LogP contribution in [0.2, 0.25) is 0 Å². The summed E-state index contributed by atoms with van der Waals surface area (Å²) in [5, 5.41) is 0. The van der Waals surface area contributed by atoms with Gasteiger partial charge in [-0.25, -0.2) is 0 Å². The van der Waals surface area contributed by atoms with E-state index in [4.69, 9.17) is 0 Å². The van der Waals surface area contributed by atoms with E-state index in [0.717, 1.165) is 38.4 Å². The van der Waals surface area contributed by atoms with Gasteiger partial charge in [0.1, 0.15) is 0 Å². The Morgan fingerprint density at radius 3 is 2.22 bits per heavy atom. The van der Waals surface area contributed by atoms with E-state index in [9.17, 15) is 0 Å². The molecule has 126 valence electrons. The van der Waals surface area contributed by atoms with Crippen molar-refractivity contribution < 1.29 is 0 Å². The summed E-state index contributed by atoms with van der Waals surface area (Å²) in [5.74, 6) is 0. The van der Waals surface area contributed by atoms with Crippen LogP contribution in [-0.4, -0.2) is 36.0 Å². The molecule has 0 atom stereocenters. The van der Waals surface area contributed by atoms with E-state index >= 15 is 0 Å². The van der Waals surface area contributed by atoms with E-state index in [1.54, 1.807) is 0 Å². The first kappa shape index (κ1) is 19.2. The van der Waals surface area contributed by atoms with Crippen molar-refractivity contribution in [3.63, 3.8) is 0 Å². The van der Waals surface area contributed by atoms with E-state index in [1.165, 1.54) is 11.1 Å². The maximum Gasteiger partial charge on any atom is 0.0306 e. The van der Waals surface area contributed by atoms with Crippen LogP contribution >= 0.6 is 0 Å². The molecule has 23 heavy (non-hydrogen) atoms. The Bertz CT molecular complexity index is 503. The van der Waals surface area contributed by atoms with Gasteiger partial charge in [0.2, 0.25) is 0 Å². The number of piperazine rings is 1. The molecule has 0 N–H and O–H groups in total. The predicted molar refractivity (Wildman–Crippen MR) is 102 cm³/mol. The standard InChI is InChI=1S/C19H26N2.C2H6/c1-4-5-6-7-18(3)21-14-12-20(13-15-21)16-19-10-8-17(2)9-11-19;1-2/h4-11H,3,12-16H2,1-2H3;1-2H3/b5-4-,7-6-;. The van der Waals surface area contributed by atoms with Crippen molar-refractivity contribution in [2.45, 2.75) is 34.2 Å². The highest BCUT2D eigenvalue weighted by atomic mass is 15.3. The maximum absolute atomic E-state index is 4.16. The summed E-state index contributed by atoms with van der Waals surface area (Å²) >= 11 is 0. The van der Waals surface area contributed by atoms with Crippen LogP contribution in [0.3, 0.4) is 0 Å². The quantitative estimate of drug-likeness (QED) is 0.722. The molecule has 1 aliphatic heterocycles. The molecule has 0 saturated carbocycles. The third-order valence-corrected chi connectivity index (χ3v) is 3.90. The minimum absolute atomic E-state index is 1.05. The highest BCUT2D eigenvalue weighted by Crippen LogP contribution is 2.13. The molecule has 1 aliphatic rings. The van der Waals surface area contributed by atoms with Gasteiger partial charge in [-0.05, 0) is 25.5 Å². The van der Waals surface area contributed by atoms with Crippen LogP contribution in [0.25, 0.3) is 0 Å². The summed E-state index contributed by atoms with van der Waals surface area (Å²) in [6.07, 6.45) is 8.22. The smallest absolute Gasteiger partial charge is 0.0306 e. The molecule has 2 heteroatoms. The van der Waals surface area contributed by atoms with Gasteiger partial charge >= 0.3 is 0 Å². The Balaban J connectivity index is 0.00000127. The van der Waals surface area contributed by atoms with Crippen molar-refractivity contribution in [2.24, 2.45) is 0 Å². The van der Waals surface area contributed by atoms with Crippen molar-refractivity contribution in [3.05, 3.63) is 72.0 Å². The average molecular weight is 313 g/mol. The van der Waals surface area contributed by atoms with Crippen molar-refractivity contribution in [3.8, 4) is 0 Å². The fraction of sp³-hybridized carbons (Fsp3) is 0.429. The van der Waals surface area contributed by atoms with E-state index < -0.39 is 0 Å². The molecule has 1 heterocycles. The normalized spacial score (nSPS) is 15.7. The number of hydrogen-bond acceptors (Lipinski definition) is 2. The van der Waals surface area contributed by atoms with Crippen LogP contribution in [-0.2, 0) is 6.54 Å². The molecule has 2 nitrogen and oxygen atoms in total. The Morgan fingerprint density at radius 1 is 1.04 bits per heavy atom. The van der Waals surface area contributed by atoms with Crippen molar-refractivity contribution in [2.75, 3.05) is 26.2 Å².